The van der Waals surface area contributed by atoms with E-state index in [1.165, 1.54) is 0 Å². The van der Waals surface area contributed by atoms with Crippen LogP contribution in [0, 0.1) is 0 Å². The van der Waals surface area contributed by atoms with Crippen LogP contribution in [0.1, 0.15) is 26.2 Å². The lowest BCUT2D eigenvalue weighted by Crippen LogP contribution is -2.56. The molecular weight excluding hydrogens is 234 g/mol. The lowest BCUT2D eigenvalue weighted by atomic mass is 9.90. The number of aliphatic hydroxyl groups is 1. The molecule has 18 heavy (non-hydrogen) atoms. The van der Waals surface area contributed by atoms with E-state index >= 15 is 0 Å². The summed E-state index contributed by atoms with van der Waals surface area (Å²) in [5, 5.41) is 21.0. The number of ketones is 1. The maximum atomic E-state index is 12.0. The Hall–Kier alpha value is -1.20. The van der Waals surface area contributed by atoms with Crippen molar-refractivity contribution in [1.29, 1.82) is 0 Å². The zero-order chi connectivity index (χ0) is 14.4. The monoisotopic (exact) mass is 257 g/mol. The average Bonchev–Trinajstić information content (AvgIpc) is 2.13. The molecule has 0 bridgehead atoms. The highest BCUT2D eigenvalue weighted by Gasteiger charge is 2.40. The molecule has 104 valence electrons. The minimum Gasteiger partial charge on any atom is -0.550 e. The topological polar surface area (TPSA) is 77.4 Å². The van der Waals surface area contributed by atoms with Gasteiger partial charge >= 0.3 is 0 Å². The van der Waals surface area contributed by atoms with E-state index in [0.717, 1.165) is 0 Å². The van der Waals surface area contributed by atoms with Gasteiger partial charge < -0.3 is 19.5 Å². The number of quaternary nitrogens is 1. The molecule has 5 nitrogen and oxygen atoms in total. The molecule has 0 aromatic heterocycles. The normalized spacial score (nSPS) is 15.6. The van der Waals surface area contributed by atoms with Crippen LogP contribution >= 0.6 is 0 Å². The number of nitrogens with zero attached hydrogens (tertiary/aromatic N) is 1. The number of carbonyl (C=O) groups excluding carboxylic acids is 2. The van der Waals surface area contributed by atoms with Gasteiger partial charge in [0.15, 0.2) is 11.4 Å². The van der Waals surface area contributed by atoms with Crippen molar-refractivity contribution in [2.45, 2.75) is 31.8 Å². The summed E-state index contributed by atoms with van der Waals surface area (Å²) < 4.78 is 0.305. The van der Waals surface area contributed by atoms with Gasteiger partial charge in [0.25, 0.3) is 0 Å². The zero-order valence-corrected chi connectivity index (χ0v) is 11.6. The minimum absolute atomic E-state index is 0.0512. The van der Waals surface area contributed by atoms with Crippen LogP contribution < -0.4 is 5.11 Å². The van der Waals surface area contributed by atoms with Crippen molar-refractivity contribution >= 4 is 11.8 Å². The van der Waals surface area contributed by atoms with Gasteiger partial charge in [0.1, 0.15) is 6.54 Å². The summed E-state index contributed by atoms with van der Waals surface area (Å²) in [5.74, 6) is -1.86. The first-order valence-corrected chi connectivity index (χ1v) is 5.98. The molecule has 0 aliphatic heterocycles. The summed E-state index contributed by atoms with van der Waals surface area (Å²) in [6, 6.07) is 0. The molecule has 0 aromatic rings. The quantitative estimate of drug-likeness (QED) is 0.469. The van der Waals surface area contributed by atoms with Crippen LogP contribution in [-0.4, -0.2) is 54.6 Å². The highest BCUT2D eigenvalue weighted by Crippen LogP contribution is 2.18. The summed E-state index contributed by atoms with van der Waals surface area (Å²) in [6.45, 7) is 1.89. The Labute approximate surface area is 108 Å². The fourth-order valence-corrected chi connectivity index (χ4v) is 1.88. The van der Waals surface area contributed by atoms with E-state index in [1.54, 1.807) is 21.1 Å². The van der Waals surface area contributed by atoms with Gasteiger partial charge in [-0.15, -0.1) is 0 Å². The highest BCUT2D eigenvalue weighted by atomic mass is 16.4. The molecule has 1 unspecified atom stereocenters. The molecule has 1 N–H and O–H groups in total. The summed E-state index contributed by atoms with van der Waals surface area (Å²) in [6.07, 6.45) is 3.60. The van der Waals surface area contributed by atoms with Crippen molar-refractivity contribution < 1.29 is 24.3 Å². The number of carbonyl (C=O) groups is 2. The molecule has 0 amide bonds. The fraction of sp³-hybridized carbons (Fsp3) is 0.692. The molecule has 0 saturated carbocycles. The van der Waals surface area contributed by atoms with Crippen molar-refractivity contribution in [3.05, 3.63) is 12.2 Å². The van der Waals surface area contributed by atoms with Crippen molar-refractivity contribution in [3.63, 3.8) is 0 Å². The highest BCUT2D eigenvalue weighted by molar-refractivity contribution is 5.90. The molecule has 0 aromatic carbocycles. The third-order valence-corrected chi connectivity index (χ3v) is 2.47. The van der Waals surface area contributed by atoms with E-state index < -0.39 is 23.8 Å². The van der Waals surface area contributed by atoms with Crippen molar-refractivity contribution in [1.82, 2.24) is 0 Å². The van der Waals surface area contributed by atoms with Crippen LogP contribution in [0.3, 0.4) is 0 Å². The number of aliphatic carboxylic acids is 1. The number of carboxylic acid groups (broad SMARTS) is 1. The smallest absolute Gasteiger partial charge is 0.177 e. The molecule has 0 aliphatic rings. The molecule has 1 atom stereocenters. The Morgan fingerprint density at radius 2 is 1.89 bits per heavy atom. The van der Waals surface area contributed by atoms with Crippen molar-refractivity contribution in [3.8, 4) is 0 Å². The lowest BCUT2D eigenvalue weighted by Gasteiger charge is -2.34. The van der Waals surface area contributed by atoms with Gasteiger partial charge in [-0.05, 0) is 13.3 Å². The van der Waals surface area contributed by atoms with E-state index in [4.69, 9.17) is 0 Å². The predicted octanol–water partition coefficient (Wildman–Crippen LogP) is -0.511. The first-order chi connectivity index (χ1) is 8.10. The Bertz CT molecular complexity index is 330. The van der Waals surface area contributed by atoms with Crippen molar-refractivity contribution in [2.75, 3.05) is 27.7 Å². The van der Waals surface area contributed by atoms with Crippen LogP contribution in [0.2, 0.25) is 0 Å². The maximum absolute atomic E-state index is 12.0. The largest absolute Gasteiger partial charge is 0.550 e. The molecular formula is C13H23NO4. The number of Topliss-reactive ketones (excluding diaryl/α,β-unsaturated/α-hetero) is 1. The summed E-state index contributed by atoms with van der Waals surface area (Å²) in [4.78, 5) is 22.7. The Morgan fingerprint density at radius 1 is 1.33 bits per heavy atom. The molecule has 0 spiro atoms. The summed E-state index contributed by atoms with van der Waals surface area (Å²) in [7, 11) is 5.37. The Kier molecular flexibility index (Phi) is 6.21. The molecule has 0 heterocycles. The van der Waals surface area contributed by atoms with Crippen molar-refractivity contribution in [2.24, 2.45) is 0 Å². The zero-order valence-electron chi connectivity index (χ0n) is 11.6. The van der Waals surface area contributed by atoms with Gasteiger partial charge in [0, 0.05) is 18.8 Å². The Balaban J connectivity index is 4.84. The average molecular weight is 257 g/mol. The van der Waals surface area contributed by atoms with E-state index in [1.807, 2.05) is 19.1 Å². The predicted molar refractivity (Wildman–Crippen MR) is 66.5 cm³/mol. The standard InChI is InChI=1S/C13H23NO4/c1-5-6-7-8-11(15)13(18,9-12(16)17)10-14(2,3)4/h5-6,18H,7-10H2,1-4H3. The molecule has 5 heteroatoms. The van der Waals surface area contributed by atoms with Gasteiger partial charge in [0.2, 0.25) is 0 Å². The number of carboxylic acids is 1. The van der Waals surface area contributed by atoms with Crippen LogP contribution in [0.25, 0.3) is 0 Å². The molecule has 0 aliphatic carbocycles. The third-order valence-electron chi connectivity index (χ3n) is 2.47. The second-order valence-electron chi connectivity index (χ2n) is 5.56. The van der Waals surface area contributed by atoms with Crippen LogP contribution in [0.4, 0.5) is 0 Å². The van der Waals surface area contributed by atoms with E-state index in [0.29, 0.717) is 10.9 Å². The second kappa shape index (κ2) is 6.66. The van der Waals surface area contributed by atoms with Crippen LogP contribution in [0.5, 0.6) is 0 Å². The van der Waals surface area contributed by atoms with E-state index in [9.17, 15) is 19.8 Å². The first kappa shape index (κ1) is 16.8. The summed E-state index contributed by atoms with van der Waals surface area (Å²) >= 11 is 0. The third kappa shape index (κ3) is 6.51. The molecule has 0 rings (SSSR count). The number of rotatable bonds is 8. The SMILES string of the molecule is CC=CCCC(=O)C(O)(CC(=O)[O-])C[N+](C)(C)C. The van der Waals surface area contributed by atoms with Gasteiger partial charge in [-0.1, -0.05) is 12.2 Å². The maximum Gasteiger partial charge on any atom is 0.177 e. The summed E-state index contributed by atoms with van der Waals surface area (Å²) in [5.41, 5.74) is -1.85. The fourth-order valence-electron chi connectivity index (χ4n) is 1.88. The van der Waals surface area contributed by atoms with E-state index in [2.05, 4.69) is 0 Å². The number of hydrogen-bond acceptors (Lipinski definition) is 4. The van der Waals surface area contributed by atoms with Gasteiger partial charge in [-0.2, -0.15) is 0 Å². The van der Waals surface area contributed by atoms with Gasteiger partial charge in [0.05, 0.1) is 21.1 Å². The van der Waals surface area contributed by atoms with Crippen LogP contribution in [-0.2, 0) is 9.59 Å². The molecule has 0 fully saturated rings. The number of hydrogen-bond donors (Lipinski definition) is 1. The minimum atomic E-state index is -1.85. The number of likely N-dealkylation sites (N-methyl/N-ethyl adjacent to an activating group) is 1. The van der Waals surface area contributed by atoms with Gasteiger partial charge in [-0.3, -0.25) is 4.79 Å². The lowest BCUT2D eigenvalue weighted by molar-refractivity contribution is -0.875. The molecule has 0 saturated heterocycles. The first-order valence-electron chi connectivity index (χ1n) is 5.98. The number of allylic oxidation sites excluding steroid dienone is 2. The molecule has 0 radical (unpaired) electrons. The second-order valence-corrected chi connectivity index (χ2v) is 5.56. The van der Waals surface area contributed by atoms with Crippen LogP contribution in [0.15, 0.2) is 12.2 Å². The Morgan fingerprint density at radius 3 is 2.28 bits per heavy atom. The van der Waals surface area contributed by atoms with E-state index in [-0.39, 0.29) is 13.0 Å². The van der Waals surface area contributed by atoms with Gasteiger partial charge in [-0.25, -0.2) is 0 Å².